The Hall–Kier alpha value is -0.690. The molecule has 0 saturated carbocycles. The van der Waals surface area contributed by atoms with E-state index in [1.54, 1.807) is 7.11 Å². The molecule has 0 unspecified atom stereocenters. The van der Waals surface area contributed by atoms with Crippen molar-refractivity contribution in [1.29, 1.82) is 0 Å². The molecule has 6 nitrogen and oxygen atoms in total. The molecule has 0 aliphatic rings. The maximum Gasteiger partial charge on any atom is 0.323 e. The molecule has 0 aliphatic heterocycles. The van der Waals surface area contributed by atoms with Gasteiger partial charge in [0.15, 0.2) is 0 Å². The van der Waals surface area contributed by atoms with E-state index in [1.165, 1.54) is 0 Å². The van der Waals surface area contributed by atoms with E-state index in [0.29, 0.717) is 32.8 Å². The van der Waals surface area contributed by atoms with Crippen LogP contribution in [0.15, 0.2) is 0 Å². The molecule has 15 heavy (non-hydrogen) atoms. The van der Waals surface area contributed by atoms with Gasteiger partial charge in [0.2, 0.25) is 0 Å². The van der Waals surface area contributed by atoms with Crippen molar-refractivity contribution >= 4 is 5.97 Å². The zero-order valence-corrected chi connectivity index (χ0v) is 8.94. The van der Waals surface area contributed by atoms with Crippen molar-refractivity contribution in [3.05, 3.63) is 0 Å². The van der Waals surface area contributed by atoms with Crippen LogP contribution in [0.5, 0.6) is 0 Å². The smallest absolute Gasteiger partial charge is 0.323 e. The van der Waals surface area contributed by atoms with Crippen molar-refractivity contribution in [3.8, 4) is 0 Å². The molecule has 3 N–H and O–H groups in total. The van der Waals surface area contributed by atoms with Gasteiger partial charge >= 0.3 is 5.97 Å². The first-order chi connectivity index (χ1) is 7.22. The summed E-state index contributed by atoms with van der Waals surface area (Å²) in [6, 6.07) is -0.885. The van der Waals surface area contributed by atoms with Crippen molar-refractivity contribution in [2.75, 3.05) is 40.1 Å². The second kappa shape index (κ2) is 9.85. The first-order valence-corrected chi connectivity index (χ1v) is 4.86. The second-order valence-electron chi connectivity index (χ2n) is 2.99. The second-order valence-corrected chi connectivity index (χ2v) is 2.99. The van der Waals surface area contributed by atoms with Crippen LogP contribution < -0.4 is 5.32 Å². The summed E-state index contributed by atoms with van der Waals surface area (Å²) in [4.78, 5) is 10.5. The van der Waals surface area contributed by atoms with Gasteiger partial charge in [-0.05, 0) is 13.0 Å². The highest BCUT2D eigenvalue weighted by Gasteiger charge is 2.13. The Bertz CT molecular complexity index is 165. The van der Waals surface area contributed by atoms with E-state index in [-0.39, 0.29) is 0 Å². The Kier molecular flexibility index (Phi) is 9.40. The molecule has 90 valence electrons. The lowest BCUT2D eigenvalue weighted by Crippen LogP contribution is -2.40. The van der Waals surface area contributed by atoms with E-state index in [1.807, 2.05) is 0 Å². The molecule has 1 atom stereocenters. The standard InChI is InChI=1S/C9H19NO5/c1-14-5-6-15-4-2-3-10-8(7-11)9(12)13/h8,10-11H,2-7H2,1H3,(H,12,13)/t8-/m0/s1. The van der Waals surface area contributed by atoms with Crippen LogP contribution in [-0.4, -0.2) is 62.3 Å². The number of rotatable bonds is 10. The molecule has 0 bridgehead atoms. The van der Waals surface area contributed by atoms with Crippen LogP contribution >= 0.6 is 0 Å². The van der Waals surface area contributed by atoms with Crippen LogP contribution in [0.25, 0.3) is 0 Å². The monoisotopic (exact) mass is 221 g/mol. The summed E-state index contributed by atoms with van der Waals surface area (Å²) in [5.74, 6) is -1.04. The molecule has 6 heteroatoms. The number of carboxylic acids is 1. The number of aliphatic carboxylic acids is 1. The Labute approximate surface area is 89.2 Å². The molecule has 0 radical (unpaired) electrons. The Morgan fingerprint density at radius 1 is 1.40 bits per heavy atom. The number of carboxylic acid groups (broad SMARTS) is 1. The summed E-state index contributed by atoms with van der Waals surface area (Å²) in [7, 11) is 1.60. The summed E-state index contributed by atoms with van der Waals surface area (Å²) in [5, 5.41) is 20.0. The fourth-order valence-corrected chi connectivity index (χ4v) is 0.925. The van der Waals surface area contributed by atoms with E-state index < -0.39 is 18.6 Å². The van der Waals surface area contributed by atoms with E-state index in [9.17, 15) is 4.79 Å². The van der Waals surface area contributed by atoms with Crippen LogP contribution in [0.4, 0.5) is 0 Å². The number of nitrogens with one attached hydrogen (secondary N) is 1. The van der Waals surface area contributed by atoms with Gasteiger partial charge in [-0.1, -0.05) is 0 Å². The van der Waals surface area contributed by atoms with Crippen molar-refractivity contribution in [2.45, 2.75) is 12.5 Å². The maximum absolute atomic E-state index is 10.5. The van der Waals surface area contributed by atoms with Crippen LogP contribution in [0.1, 0.15) is 6.42 Å². The van der Waals surface area contributed by atoms with Gasteiger partial charge < -0.3 is 25.0 Å². The zero-order chi connectivity index (χ0) is 11.5. The number of carbonyl (C=O) groups is 1. The quantitative estimate of drug-likeness (QED) is 0.413. The summed E-state index contributed by atoms with van der Waals surface area (Å²) in [6.07, 6.45) is 0.702. The number of ether oxygens (including phenoxy) is 2. The van der Waals surface area contributed by atoms with Crippen LogP contribution in [0.3, 0.4) is 0 Å². The van der Waals surface area contributed by atoms with Gasteiger partial charge in [-0.15, -0.1) is 0 Å². The Morgan fingerprint density at radius 3 is 2.67 bits per heavy atom. The third-order valence-corrected chi connectivity index (χ3v) is 1.77. The molecule has 0 aromatic carbocycles. The van der Waals surface area contributed by atoms with Crippen LogP contribution in [-0.2, 0) is 14.3 Å². The number of methoxy groups -OCH3 is 1. The van der Waals surface area contributed by atoms with Crippen LogP contribution in [0, 0.1) is 0 Å². The molecular weight excluding hydrogens is 202 g/mol. The highest BCUT2D eigenvalue weighted by atomic mass is 16.5. The summed E-state index contributed by atoms with van der Waals surface area (Å²) < 4.78 is 9.96. The van der Waals surface area contributed by atoms with Gasteiger partial charge in [-0.2, -0.15) is 0 Å². The zero-order valence-electron chi connectivity index (χ0n) is 8.94. The molecule has 0 spiro atoms. The van der Waals surface area contributed by atoms with Gasteiger partial charge in [0.05, 0.1) is 19.8 Å². The average Bonchev–Trinajstić information content (AvgIpc) is 2.21. The summed E-state index contributed by atoms with van der Waals surface area (Å²) in [5.41, 5.74) is 0. The molecule has 0 aromatic heterocycles. The minimum atomic E-state index is -1.04. The van der Waals surface area contributed by atoms with Crippen molar-refractivity contribution in [2.24, 2.45) is 0 Å². The molecule has 0 heterocycles. The summed E-state index contributed by atoms with van der Waals surface area (Å²) in [6.45, 7) is 1.75. The number of hydrogen-bond donors (Lipinski definition) is 3. The fourth-order valence-electron chi connectivity index (χ4n) is 0.925. The highest BCUT2D eigenvalue weighted by molar-refractivity contribution is 5.73. The van der Waals surface area contributed by atoms with E-state index in [0.717, 1.165) is 0 Å². The lowest BCUT2D eigenvalue weighted by Gasteiger charge is -2.11. The number of hydrogen-bond acceptors (Lipinski definition) is 5. The van der Waals surface area contributed by atoms with Gasteiger partial charge in [0, 0.05) is 13.7 Å². The third-order valence-electron chi connectivity index (χ3n) is 1.77. The van der Waals surface area contributed by atoms with E-state index in [4.69, 9.17) is 19.7 Å². The average molecular weight is 221 g/mol. The largest absolute Gasteiger partial charge is 0.480 e. The number of aliphatic hydroxyl groups is 1. The molecule has 0 saturated heterocycles. The first kappa shape index (κ1) is 14.3. The normalized spacial score (nSPS) is 12.7. The Morgan fingerprint density at radius 2 is 2.13 bits per heavy atom. The minimum Gasteiger partial charge on any atom is -0.480 e. The fraction of sp³-hybridized carbons (Fsp3) is 0.889. The van der Waals surface area contributed by atoms with Gasteiger partial charge in [-0.25, -0.2) is 0 Å². The number of aliphatic hydroxyl groups excluding tert-OH is 1. The third kappa shape index (κ3) is 8.31. The maximum atomic E-state index is 10.5. The van der Waals surface area contributed by atoms with Crippen molar-refractivity contribution in [3.63, 3.8) is 0 Å². The topological polar surface area (TPSA) is 88.0 Å². The van der Waals surface area contributed by atoms with Crippen molar-refractivity contribution in [1.82, 2.24) is 5.32 Å². The molecule has 0 amide bonds. The van der Waals surface area contributed by atoms with E-state index in [2.05, 4.69) is 5.32 Å². The Balaban J connectivity index is 3.25. The van der Waals surface area contributed by atoms with Gasteiger partial charge in [-0.3, -0.25) is 4.79 Å². The predicted molar refractivity (Wildman–Crippen MR) is 53.8 cm³/mol. The van der Waals surface area contributed by atoms with E-state index >= 15 is 0 Å². The SMILES string of the molecule is COCCOCCCN[C@@H](CO)C(=O)O. The van der Waals surface area contributed by atoms with Gasteiger partial charge in [0.25, 0.3) is 0 Å². The first-order valence-electron chi connectivity index (χ1n) is 4.86. The molecular formula is C9H19NO5. The predicted octanol–water partition coefficient (Wildman–Crippen LogP) is -0.925. The van der Waals surface area contributed by atoms with Gasteiger partial charge in [0.1, 0.15) is 6.04 Å². The lowest BCUT2D eigenvalue weighted by atomic mass is 10.3. The van der Waals surface area contributed by atoms with Crippen LogP contribution in [0.2, 0.25) is 0 Å². The summed E-state index contributed by atoms with van der Waals surface area (Å²) >= 11 is 0. The molecule has 0 aromatic rings. The molecule has 0 aliphatic carbocycles. The minimum absolute atomic E-state index is 0.403. The van der Waals surface area contributed by atoms with Crippen molar-refractivity contribution < 1.29 is 24.5 Å². The molecule has 0 rings (SSSR count). The lowest BCUT2D eigenvalue weighted by molar-refractivity contribution is -0.140. The highest BCUT2D eigenvalue weighted by Crippen LogP contribution is 1.86. The molecule has 0 fully saturated rings.